The number of benzene rings is 2. The quantitative estimate of drug-likeness (QED) is 0.552. The molecule has 0 radical (unpaired) electrons. The van der Waals surface area contributed by atoms with Crippen molar-refractivity contribution in [3.05, 3.63) is 53.7 Å². The van der Waals surface area contributed by atoms with E-state index >= 15 is 0 Å². The van der Waals surface area contributed by atoms with Crippen molar-refractivity contribution in [3.8, 4) is 17.2 Å². The van der Waals surface area contributed by atoms with Gasteiger partial charge in [-0.15, -0.1) is 0 Å². The highest BCUT2D eigenvalue weighted by Gasteiger charge is 2.09. The Bertz CT molecular complexity index is 761. The Hall–Kier alpha value is -2.46. The van der Waals surface area contributed by atoms with E-state index in [9.17, 15) is 5.11 Å². The third-order valence-electron chi connectivity index (χ3n) is 2.90. The largest absolute Gasteiger partial charge is 0.504 e. The number of pyridine rings is 1. The minimum atomic E-state index is -0.140. The summed E-state index contributed by atoms with van der Waals surface area (Å²) in [5.41, 5.74) is 6.67. The molecule has 5 heteroatoms. The van der Waals surface area contributed by atoms with Gasteiger partial charge < -0.3 is 15.6 Å². The van der Waals surface area contributed by atoms with Gasteiger partial charge in [-0.25, -0.2) is 0 Å². The predicted molar refractivity (Wildman–Crippen MR) is 79.3 cm³/mol. The normalized spacial score (nSPS) is 10.7. The van der Waals surface area contributed by atoms with Crippen molar-refractivity contribution in [2.75, 3.05) is 5.73 Å². The van der Waals surface area contributed by atoms with Crippen molar-refractivity contribution in [3.63, 3.8) is 0 Å². The maximum Gasteiger partial charge on any atom is 0.157 e. The third-order valence-corrected chi connectivity index (χ3v) is 3.19. The average molecular weight is 287 g/mol. The zero-order valence-electron chi connectivity index (χ0n) is 10.4. The SMILES string of the molecule is Nc1cc(Oc2ccnc3ccccc23)cc(Cl)c1O. The molecule has 0 aliphatic carbocycles. The second kappa shape index (κ2) is 4.90. The molecule has 20 heavy (non-hydrogen) atoms. The number of phenolic OH excluding ortho intramolecular Hbond substituents is 1. The zero-order valence-corrected chi connectivity index (χ0v) is 11.1. The number of aromatic nitrogens is 1. The fourth-order valence-corrected chi connectivity index (χ4v) is 2.16. The molecule has 4 nitrogen and oxygen atoms in total. The molecule has 0 atom stereocenters. The summed E-state index contributed by atoms with van der Waals surface area (Å²) in [4.78, 5) is 4.26. The maximum atomic E-state index is 9.55. The molecular formula is C15H11ClN2O2. The number of rotatable bonds is 2. The Labute approximate surface area is 120 Å². The van der Waals surface area contributed by atoms with Crippen LogP contribution in [-0.2, 0) is 0 Å². The van der Waals surface area contributed by atoms with Crippen molar-refractivity contribution in [1.82, 2.24) is 4.98 Å². The summed E-state index contributed by atoms with van der Waals surface area (Å²) in [5, 5.41) is 10.6. The van der Waals surface area contributed by atoms with Crippen LogP contribution in [0.15, 0.2) is 48.7 Å². The van der Waals surface area contributed by atoms with E-state index in [0.29, 0.717) is 11.5 Å². The molecule has 0 aliphatic heterocycles. The van der Waals surface area contributed by atoms with E-state index in [4.69, 9.17) is 22.1 Å². The van der Waals surface area contributed by atoms with Crippen molar-refractivity contribution < 1.29 is 9.84 Å². The van der Waals surface area contributed by atoms with E-state index in [1.807, 2.05) is 24.3 Å². The number of fused-ring (bicyclic) bond motifs is 1. The van der Waals surface area contributed by atoms with Gasteiger partial charge in [-0.3, -0.25) is 4.98 Å². The molecule has 3 N–H and O–H groups in total. The molecule has 0 saturated heterocycles. The Morgan fingerprint density at radius 1 is 1.15 bits per heavy atom. The number of nitrogens with zero attached hydrogens (tertiary/aromatic N) is 1. The molecule has 0 aliphatic rings. The topological polar surface area (TPSA) is 68.4 Å². The van der Waals surface area contributed by atoms with E-state index in [0.717, 1.165) is 10.9 Å². The molecule has 0 fully saturated rings. The van der Waals surface area contributed by atoms with Gasteiger partial charge in [0.25, 0.3) is 0 Å². The second-order valence-corrected chi connectivity index (χ2v) is 4.68. The number of nitrogen functional groups attached to an aromatic ring is 1. The number of anilines is 1. The van der Waals surface area contributed by atoms with E-state index < -0.39 is 0 Å². The minimum Gasteiger partial charge on any atom is -0.504 e. The molecule has 3 rings (SSSR count). The number of phenols is 1. The lowest BCUT2D eigenvalue weighted by atomic mass is 10.2. The minimum absolute atomic E-state index is 0.140. The molecule has 0 saturated carbocycles. The van der Waals surface area contributed by atoms with Gasteiger partial charge in [0.1, 0.15) is 11.5 Å². The summed E-state index contributed by atoms with van der Waals surface area (Å²) in [6, 6.07) is 12.4. The van der Waals surface area contributed by atoms with Gasteiger partial charge >= 0.3 is 0 Å². The molecule has 2 aromatic carbocycles. The van der Waals surface area contributed by atoms with Crippen LogP contribution in [0.2, 0.25) is 5.02 Å². The third kappa shape index (κ3) is 2.21. The van der Waals surface area contributed by atoms with E-state index in [1.54, 1.807) is 12.3 Å². The van der Waals surface area contributed by atoms with Crippen LogP contribution in [0.1, 0.15) is 0 Å². The maximum absolute atomic E-state index is 9.55. The van der Waals surface area contributed by atoms with E-state index in [-0.39, 0.29) is 16.5 Å². The van der Waals surface area contributed by atoms with Gasteiger partial charge in [0.15, 0.2) is 5.75 Å². The molecule has 0 spiro atoms. The van der Waals surface area contributed by atoms with Crippen molar-refractivity contribution in [2.24, 2.45) is 0 Å². The van der Waals surface area contributed by atoms with Crippen LogP contribution in [0.5, 0.6) is 17.2 Å². The van der Waals surface area contributed by atoms with Gasteiger partial charge in [-0.05, 0) is 18.2 Å². The van der Waals surface area contributed by atoms with Gasteiger partial charge in [-0.1, -0.05) is 23.7 Å². The van der Waals surface area contributed by atoms with Crippen molar-refractivity contribution >= 4 is 28.2 Å². The molecule has 1 aromatic heterocycles. The number of nitrogens with two attached hydrogens (primary N) is 1. The number of hydrogen-bond acceptors (Lipinski definition) is 4. The Morgan fingerprint density at radius 2 is 1.95 bits per heavy atom. The van der Waals surface area contributed by atoms with Crippen LogP contribution in [0.4, 0.5) is 5.69 Å². The fraction of sp³-hybridized carbons (Fsp3) is 0. The highest BCUT2D eigenvalue weighted by Crippen LogP contribution is 2.37. The van der Waals surface area contributed by atoms with Gasteiger partial charge in [-0.2, -0.15) is 0 Å². The molecule has 1 heterocycles. The monoisotopic (exact) mass is 286 g/mol. The predicted octanol–water partition coefficient (Wildman–Crippen LogP) is 3.97. The highest BCUT2D eigenvalue weighted by molar-refractivity contribution is 6.32. The van der Waals surface area contributed by atoms with Gasteiger partial charge in [0.2, 0.25) is 0 Å². The molecule has 3 aromatic rings. The Balaban J connectivity index is 2.06. The summed E-state index contributed by atoms with van der Waals surface area (Å²) in [7, 11) is 0. The summed E-state index contributed by atoms with van der Waals surface area (Å²) >= 11 is 5.88. The standard InChI is InChI=1S/C15H11ClN2O2/c16-11-7-9(8-12(17)15(11)19)20-14-5-6-18-13-4-2-1-3-10(13)14/h1-8,19H,17H2. The summed E-state index contributed by atoms with van der Waals surface area (Å²) in [5.74, 6) is 0.969. The van der Waals surface area contributed by atoms with Gasteiger partial charge in [0, 0.05) is 23.7 Å². The molecule has 100 valence electrons. The van der Waals surface area contributed by atoms with E-state index in [1.165, 1.54) is 12.1 Å². The number of para-hydroxylation sites is 1. The number of hydrogen-bond donors (Lipinski definition) is 2. The van der Waals surface area contributed by atoms with Crippen LogP contribution in [0, 0.1) is 0 Å². The van der Waals surface area contributed by atoms with Crippen LogP contribution in [0.3, 0.4) is 0 Å². The first kappa shape index (κ1) is 12.6. The van der Waals surface area contributed by atoms with Gasteiger partial charge in [0.05, 0.1) is 16.2 Å². The van der Waals surface area contributed by atoms with Crippen molar-refractivity contribution in [2.45, 2.75) is 0 Å². The first-order valence-corrected chi connectivity index (χ1v) is 6.32. The highest BCUT2D eigenvalue weighted by atomic mass is 35.5. The first-order valence-electron chi connectivity index (χ1n) is 5.95. The first-order chi connectivity index (χ1) is 9.65. The smallest absolute Gasteiger partial charge is 0.157 e. The summed E-state index contributed by atoms with van der Waals surface area (Å²) in [6.45, 7) is 0. The van der Waals surface area contributed by atoms with Crippen LogP contribution < -0.4 is 10.5 Å². The summed E-state index contributed by atoms with van der Waals surface area (Å²) < 4.78 is 5.79. The summed E-state index contributed by atoms with van der Waals surface area (Å²) in [6.07, 6.45) is 1.67. The zero-order chi connectivity index (χ0) is 14.1. The van der Waals surface area contributed by atoms with E-state index in [2.05, 4.69) is 4.98 Å². The lowest BCUT2D eigenvalue weighted by molar-refractivity contribution is 0.469. The molecule has 0 unspecified atom stereocenters. The number of aromatic hydroxyl groups is 1. The second-order valence-electron chi connectivity index (χ2n) is 4.27. The fourth-order valence-electron chi connectivity index (χ4n) is 1.94. The van der Waals surface area contributed by atoms with Crippen LogP contribution in [-0.4, -0.2) is 10.1 Å². The van der Waals surface area contributed by atoms with Crippen LogP contribution >= 0.6 is 11.6 Å². The average Bonchev–Trinajstić information content (AvgIpc) is 2.45. The molecule has 0 bridgehead atoms. The number of halogens is 1. The Morgan fingerprint density at radius 3 is 2.75 bits per heavy atom. The number of ether oxygens (including phenoxy) is 1. The lowest BCUT2D eigenvalue weighted by Gasteiger charge is -2.10. The van der Waals surface area contributed by atoms with Crippen LogP contribution in [0.25, 0.3) is 10.9 Å². The molecule has 0 amide bonds. The Kier molecular flexibility index (Phi) is 3.08. The molecular weight excluding hydrogens is 276 g/mol. The lowest BCUT2D eigenvalue weighted by Crippen LogP contribution is -1.91. The van der Waals surface area contributed by atoms with Crippen molar-refractivity contribution in [1.29, 1.82) is 0 Å².